The van der Waals surface area contributed by atoms with Crippen LogP contribution in [-0.2, 0) is 29.4 Å². The maximum atomic E-state index is 11.7. The standard InChI is InChI=1S/C14H22N4O2S/c1-21(19,20)18-6-2-3-11(9-18)7-14-12-8-15-5-4-13(12)16-10-17-14/h10-11,15H,2-9H2,1H3. The average Bonchev–Trinajstić information content (AvgIpc) is 2.47. The molecule has 0 aliphatic carbocycles. The van der Waals surface area contributed by atoms with Gasteiger partial charge in [-0.2, -0.15) is 0 Å². The van der Waals surface area contributed by atoms with E-state index < -0.39 is 10.0 Å². The first kappa shape index (κ1) is 14.9. The highest BCUT2D eigenvalue weighted by molar-refractivity contribution is 7.88. The molecule has 1 atom stereocenters. The first-order valence-corrected chi connectivity index (χ1v) is 9.36. The molecule has 6 nitrogen and oxygen atoms in total. The van der Waals surface area contributed by atoms with Crippen LogP contribution in [0.1, 0.15) is 29.8 Å². The normalized spacial score (nSPS) is 23.8. The topological polar surface area (TPSA) is 75.2 Å². The van der Waals surface area contributed by atoms with E-state index in [0.717, 1.165) is 50.2 Å². The maximum absolute atomic E-state index is 11.7. The molecule has 21 heavy (non-hydrogen) atoms. The number of hydrogen-bond donors (Lipinski definition) is 1. The molecule has 3 rings (SSSR count). The van der Waals surface area contributed by atoms with Crippen molar-refractivity contribution in [1.29, 1.82) is 0 Å². The zero-order valence-electron chi connectivity index (χ0n) is 12.4. The van der Waals surface area contributed by atoms with Crippen LogP contribution in [0, 0.1) is 5.92 Å². The highest BCUT2D eigenvalue weighted by Gasteiger charge is 2.27. The summed E-state index contributed by atoms with van der Waals surface area (Å²) >= 11 is 0. The van der Waals surface area contributed by atoms with E-state index in [4.69, 9.17) is 0 Å². The van der Waals surface area contributed by atoms with Crippen LogP contribution in [0.25, 0.3) is 0 Å². The predicted molar refractivity (Wildman–Crippen MR) is 80.3 cm³/mol. The highest BCUT2D eigenvalue weighted by atomic mass is 32.2. The molecule has 0 spiro atoms. The van der Waals surface area contributed by atoms with E-state index in [2.05, 4.69) is 15.3 Å². The summed E-state index contributed by atoms with van der Waals surface area (Å²) in [5.41, 5.74) is 3.46. The summed E-state index contributed by atoms with van der Waals surface area (Å²) in [7, 11) is -3.08. The Balaban J connectivity index is 1.75. The van der Waals surface area contributed by atoms with Gasteiger partial charge in [0.15, 0.2) is 0 Å². The quantitative estimate of drug-likeness (QED) is 0.871. The Morgan fingerprint density at radius 1 is 1.43 bits per heavy atom. The molecule has 3 heterocycles. The Hall–Kier alpha value is -1.05. The minimum absolute atomic E-state index is 0.356. The third-order valence-corrected chi connectivity index (χ3v) is 5.67. The lowest BCUT2D eigenvalue weighted by Gasteiger charge is -2.31. The van der Waals surface area contributed by atoms with Crippen molar-refractivity contribution in [2.24, 2.45) is 5.92 Å². The molecular formula is C14H22N4O2S. The molecule has 0 bridgehead atoms. The van der Waals surface area contributed by atoms with Crippen molar-refractivity contribution in [3.63, 3.8) is 0 Å². The fourth-order valence-electron chi connectivity index (χ4n) is 3.27. The van der Waals surface area contributed by atoms with Crippen molar-refractivity contribution in [2.45, 2.75) is 32.2 Å². The van der Waals surface area contributed by atoms with Gasteiger partial charge in [-0.15, -0.1) is 0 Å². The number of fused-ring (bicyclic) bond motifs is 1. The van der Waals surface area contributed by atoms with E-state index in [0.29, 0.717) is 19.0 Å². The zero-order valence-corrected chi connectivity index (χ0v) is 13.2. The lowest BCUT2D eigenvalue weighted by Crippen LogP contribution is -2.40. The Kier molecular flexibility index (Phi) is 4.24. The molecule has 0 saturated carbocycles. The molecule has 2 aliphatic heterocycles. The number of rotatable bonds is 3. The first-order chi connectivity index (χ1) is 10.0. The number of aromatic nitrogens is 2. The lowest BCUT2D eigenvalue weighted by molar-refractivity contribution is 0.265. The van der Waals surface area contributed by atoms with Gasteiger partial charge in [0.25, 0.3) is 0 Å². The van der Waals surface area contributed by atoms with Crippen LogP contribution >= 0.6 is 0 Å². The first-order valence-electron chi connectivity index (χ1n) is 7.51. The van der Waals surface area contributed by atoms with E-state index in [1.807, 2.05) is 0 Å². The second-order valence-electron chi connectivity index (χ2n) is 6.01. The van der Waals surface area contributed by atoms with Crippen molar-refractivity contribution in [3.05, 3.63) is 23.3 Å². The van der Waals surface area contributed by atoms with Crippen molar-refractivity contribution in [3.8, 4) is 0 Å². The smallest absolute Gasteiger partial charge is 0.211 e. The van der Waals surface area contributed by atoms with Gasteiger partial charge in [-0.3, -0.25) is 0 Å². The van der Waals surface area contributed by atoms with Gasteiger partial charge in [-0.05, 0) is 25.2 Å². The monoisotopic (exact) mass is 310 g/mol. The van der Waals surface area contributed by atoms with Gasteiger partial charge in [0.1, 0.15) is 6.33 Å². The lowest BCUT2D eigenvalue weighted by atomic mass is 9.91. The largest absolute Gasteiger partial charge is 0.312 e. The van der Waals surface area contributed by atoms with Crippen LogP contribution < -0.4 is 5.32 Å². The van der Waals surface area contributed by atoms with Crippen molar-refractivity contribution < 1.29 is 8.42 Å². The fraction of sp³-hybridized carbons (Fsp3) is 0.714. The number of nitrogens with zero attached hydrogens (tertiary/aromatic N) is 3. The minimum atomic E-state index is -3.08. The van der Waals surface area contributed by atoms with E-state index >= 15 is 0 Å². The molecule has 1 unspecified atom stereocenters. The molecule has 1 aromatic rings. The summed E-state index contributed by atoms with van der Waals surface area (Å²) in [5, 5.41) is 3.37. The second-order valence-corrected chi connectivity index (χ2v) is 7.99. The highest BCUT2D eigenvalue weighted by Crippen LogP contribution is 2.24. The summed E-state index contributed by atoms with van der Waals surface area (Å²) in [6, 6.07) is 0. The van der Waals surface area contributed by atoms with Crippen molar-refractivity contribution >= 4 is 10.0 Å². The van der Waals surface area contributed by atoms with Crippen LogP contribution in [0.4, 0.5) is 0 Å². The molecule has 7 heteroatoms. The Bertz CT molecular complexity index is 617. The summed E-state index contributed by atoms with van der Waals surface area (Å²) in [6.45, 7) is 3.06. The fourth-order valence-corrected chi connectivity index (χ4v) is 4.22. The van der Waals surface area contributed by atoms with E-state index in [1.54, 1.807) is 10.6 Å². The Labute approximate surface area is 126 Å². The number of piperidine rings is 1. The third kappa shape index (κ3) is 3.41. The molecule has 0 radical (unpaired) electrons. The van der Waals surface area contributed by atoms with E-state index in [1.165, 1.54) is 11.8 Å². The number of nitrogens with one attached hydrogen (secondary N) is 1. The summed E-state index contributed by atoms with van der Waals surface area (Å²) < 4.78 is 25.0. The van der Waals surface area contributed by atoms with Crippen LogP contribution in [0.3, 0.4) is 0 Å². The third-order valence-electron chi connectivity index (χ3n) is 4.40. The van der Waals surface area contributed by atoms with E-state index in [9.17, 15) is 8.42 Å². The summed E-state index contributed by atoms with van der Waals surface area (Å²) in [4.78, 5) is 8.82. The molecule has 1 N–H and O–H groups in total. The number of sulfonamides is 1. The minimum Gasteiger partial charge on any atom is -0.312 e. The van der Waals surface area contributed by atoms with E-state index in [-0.39, 0.29) is 0 Å². The predicted octanol–water partition coefficient (Wildman–Crippen LogP) is 0.336. The number of hydrogen-bond acceptors (Lipinski definition) is 5. The average molecular weight is 310 g/mol. The van der Waals surface area contributed by atoms with Gasteiger partial charge >= 0.3 is 0 Å². The van der Waals surface area contributed by atoms with Crippen molar-refractivity contribution in [2.75, 3.05) is 25.9 Å². The molecular weight excluding hydrogens is 288 g/mol. The molecule has 1 saturated heterocycles. The molecule has 116 valence electrons. The van der Waals surface area contributed by atoms with Crippen LogP contribution in [0.2, 0.25) is 0 Å². The Morgan fingerprint density at radius 3 is 3.10 bits per heavy atom. The summed E-state index contributed by atoms with van der Waals surface area (Å²) in [6.07, 6.45) is 6.74. The zero-order chi connectivity index (χ0) is 14.9. The molecule has 1 fully saturated rings. The van der Waals surface area contributed by atoms with Gasteiger partial charge in [-0.25, -0.2) is 22.7 Å². The van der Waals surface area contributed by atoms with Gasteiger partial charge in [0.05, 0.1) is 6.26 Å². The van der Waals surface area contributed by atoms with Crippen LogP contribution in [0.5, 0.6) is 0 Å². The SMILES string of the molecule is CS(=O)(=O)N1CCCC(Cc2ncnc3c2CNCC3)C1. The Morgan fingerprint density at radius 2 is 2.29 bits per heavy atom. The maximum Gasteiger partial charge on any atom is 0.211 e. The molecule has 0 aromatic carbocycles. The second kappa shape index (κ2) is 5.98. The van der Waals surface area contributed by atoms with Crippen LogP contribution in [0.15, 0.2) is 6.33 Å². The molecule has 0 amide bonds. The van der Waals surface area contributed by atoms with Gasteiger partial charge in [0, 0.05) is 49.6 Å². The molecule has 2 aliphatic rings. The summed E-state index contributed by atoms with van der Waals surface area (Å²) in [5.74, 6) is 0.356. The van der Waals surface area contributed by atoms with Gasteiger partial charge in [0.2, 0.25) is 10.0 Å². The van der Waals surface area contributed by atoms with Gasteiger partial charge in [-0.1, -0.05) is 0 Å². The van der Waals surface area contributed by atoms with Crippen molar-refractivity contribution in [1.82, 2.24) is 19.6 Å². The molecule has 1 aromatic heterocycles. The van der Waals surface area contributed by atoms with Gasteiger partial charge < -0.3 is 5.32 Å². The van der Waals surface area contributed by atoms with Crippen LogP contribution in [-0.4, -0.2) is 48.6 Å².